The molecule has 0 aromatic rings. The molecule has 0 aromatic heterocycles. The Kier molecular flexibility index (Phi) is 3.96. The van der Waals surface area contributed by atoms with Crippen LogP contribution in [0.5, 0.6) is 0 Å². The molecule has 5 heteroatoms. The van der Waals surface area contributed by atoms with Crippen LogP contribution in [0.1, 0.15) is 45.4 Å². The van der Waals surface area contributed by atoms with Crippen molar-refractivity contribution >= 4 is 11.8 Å². The molecule has 3 rings (SSSR count). The van der Waals surface area contributed by atoms with Gasteiger partial charge in [0.25, 0.3) is 0 Å². The fourth-order valence-electron chi connectivity index (χ4n) is 3.29. The van der Waals surface area contributed by atoms with Gasteiger partial charge in [0.2, 0.25) is 11.8 Å². The van der Waals surface area contributed by atoms with Crippen LogP contribution in [0.2, 0.25) is 0 Å². The van der Waals surface area contributed by atoms with Gasteiger partial charge < -0.3 is 15.1 Å². The van der Waals surface area contributed by atoms with Gasteiger partial charge in [-0.3, -0.25) is 9.59 Å². The molecule has 5 nitrogen and oxygen atoms in total. The normalized spacial score (nSPS) is 28.9. The Hall–Kier alpha value is -1.10. The SMILES string of the molecule is CC(C(=O)N1CCCCC1)N1CCC(NC2CC2)C1=O. The summed E-state index contributed by atoms with van der Waals surface area (Å²) in [5, 5.41) is 3.39. The molecule has 0 spiro atoms. The van der Waals surface area contributed by atoms with Gasteiger partial charge in [-0.15, -0.1) is 0 Å². The van der Waals surface area contributed by atoms with E-state index in [1.807, 2.05) is 11.8 Å². The van der Waals surface area contributed by atoms with Crippen molar-refractivity contribution in [3.63, 3.8) is 0 Å². The molecular weight excluding hydrogens is 254 g/mol. The second kappa shape index (κ2) is 5.72. The summed E-state index contributed by atoms with van der Waals surface area (Å²) in [6.07, 6.45) is 6.62. The van der Waals surface area contributed by atoms with Crippen LogP contribution in [-0.2, 0) is 9.59 Å². The third-order valence-corrected chi connectivity index (χ3v) is 4.75. The highest BCUT2D eigenvalue weighted by Gasteiger charge is 2.40. The zero-order valence-electron chi connectivity index (χ0n) is 12.3. The second-order valence-electron chi connectivity index (χ2n) is 6.38. The summed E-state index contributed by atoms with van der Waals surface area (Å²) in [5.41, 5.74) is 0. The fourth-order valence-corrected chi connectivity index (χ4v) is 3.29. The Balaban J connectivity index is 1.57. The Morgan fingerprint density at radius 1 is 1.15 bits per heavy atom. The molecule has 0 bridgehead atoms. The number of carbonyl (C=O) groups is 2. The van der Waals surface area contributed by atoms with Gasteiger partial charge in [0, 0.05) is 25.7 Å². The van der Waals surface area contributed by atoms with Crippen molar-refractivity contribution in [2.75, 3.05) is 19.6 Å². The molecule has 3 fully saturated rings. The van der Waals surface area contributed by atoms with Gasteiger partial charge in [-0.25, -0.2) is 0 Å². The van der Waals surface area contributed by atoms with Gasteiger partial charge in [0.05, 0.1) is 6.04 Å². The first-order valence-corrected chi connectivity index (χ1v) is 8.02. The second-order valence-corrected chi connectivity index (χ2v) is 6.38. The van der Waals surface area contributed by atoms with E-state index in [4.69, 9.17) is 0 Å². The first kappa shape index (κ1) is 13.9. The maximum Gasteiger partial charge on any atom is 0.245 e. The van der Waals surface area contributed by atoms with Gasteiger partial charge in [0.15, 0.2) is 0 Å². The number of piperidine rings is 1. The molecule has 2 aliphatic heterocycles. The van der Waals surface area contributed by atoms with E-state index in [2.05, 4.69) is 5.32 Å². The predicted molar refractivity (Wildman–Crippen MR) is 76.2 cm³/mol. The molecule has 0 aromatic carbocycles. The van der Waals surface area contributed by atoms with Gasteiger partial charge in [-0.05, 0) is 45.4 Å². The third-order valence-electron chi connectivity index (χ3n) is 4.75. The Bertz CT molecular complexity index is 389. The summed E-state index contributed by atoms with van der Waals surface area (Å²) in [4.78, 5) is 28.6. The van der Waals surface area contributed by atoms with E-state index in [9.17, 15) is 9.59 Å². The monoisotopic (exact) mass is 279 g/mol. The van der Waals surface area contributed by atoms with E-state index < -0.39 is 0 Å². The lowest BCUT2D eigenvalue weighted by Crippen LogP contribution is -2.51. The van der Waals surface area contributed by atoms with Crippen molar-refractivity contribution in [1.82, 2.24) is 15.1 Å². The molecular formula is C15H25N3O2. The highest BCUT2D eigenvalue weighted by atomic mass is 16.2. The molecule has 0 radical (unpaired) electrons. The molecule has 1 N–H and O–H groups in total. The molecule has 2 heterocycles. The van der Waals surface area contributed by atoms with E-state index in [0.29, 0.717) is 12.6 Å². The number of nitrogens with zero attached hydrogens (tertiary/aromatic N) is 2. The standard InChI is InChI=1S/C15H25N3O2/c1-11(14(19)17-8-3-2-4-9-17)18-10-7-13(15(18)20)16-12-5-6-12/h11-13,16H,2-10H2,1H3. The number of hydrogen-bond acceptors (Lipinski definition) is 3. The number of nitrogens with one attached hydrogen (secondary N) is 1. The first-order chi connectivity index (χ1) is 9.66. The van der Waals surface area contributed by atoms with Gasteiger partial charge in [-0.1, -0.05) is 0 Å². The molecule has 112 valence electrons. The minimum Gasteiger partial charge on any atom is -0.341 e. The number of hydrogen-bond donors (Lipinski definition) is 1. The average molecular weight is 279 g/mol. The highest BCUT2D eigenvalue weighted by molar-refractivity contribution is 5.91. The minimum absolute atomic E-state index is 0.0564. The van der Waals surface area contributed by atoms with Gasteiger partial charge in [0.1, 0.15) is 6.04 Å². The van der Waals surface area contributed by atoms with Crippen LogP contribution in [-0.4, -0.2) is 59.4 Å². The maximum absolute atomic E-state index is 12.5. The number of likely N-dealkylation sites (tertiary alicyclic amines) is 2. The quantitative estimate of drug-likeness (QED) is 0.826. The highest BCUT2D eigenvalue weighted by Crippen LogP contribution is 2.24. The van der Waals surface area contributed by atoms with Crippen molar-refractivity contribution < 1.29 is 9.59 Å². The van der Waals surface area contributed by atoms with Crippen molar-refractivity contribution in [3.8, 4) is 0 Å². The Labute approximate surface area is 120 Å². The van der Waals surface area contributed by atoms with Crippen LogP contribution >= 0.6 is 0 Å². The summed E-state index contributed by atoms with van der Waals surface area (Å²) < 4.78 is 0. The van der Waals surface area contributed by atoms with Crippen LogP contribution in [0, 0.1) is 0 Å². The third kappa shape index (κ3) is 2.82. The van der Waals surface area contributed by atoms with Gasteiger partial charge >= 0.3 is 0 Å². The summed E-state index contributed by atoms with van der Waals surface area (Å²) >= 11 is 0. The molecule has 3 aliphatic rings. The van der Waals surface area contributed by atoms with Crippen LogP contribution in [0.15, 0.2) is 0 Å². The van der Waals surface area contributed by atoms with E-state index in [1.165, 1.54) is 19.3 Å². The summed E-state index contributed by atoms with van der Waals surface area (Å²) in [6, 6.07) is 0.183. The maximum atomic E-state index is 12.5. The number of amides is 2. The van der Waals surface area contributed by atoms with Crippen molar-refractivity contribution in [1.29, 1.82) is 0 Å². The number of rotatable bonds is 4. The fraction of sp³-hybridized carbons (Fsp3) is 0.867. The summed E-state index contributed by atoms with van der Waals surface area (Å²) in [6.45, 7) is 4.31. The molecule has 2 saturated heterocycles. The topological polar surface area (TPSA) is 52.7 Å². The lowest BCUT2D eigenvalue weighted by molar-refractivity contribution is -0.144. The molecule has 20 heavy (non-hydrogen) atoms. The van der Waals surface area contributed by atoms with Gasteiger partial charge in [-0.2, -0.15) is 0 Å². The molecule has 2 atom stereocenters. The minimum atomic E-state index is -0.299. The van der Waals surface area contributed by atoms with E-state index in [1.54, 1.807) is 4.90 Å². The predicted octanol–water partition coefficient (Wildman–Crippen LogP) is 0.740. The largest absolute Gasteiger partial charge is 0.341 e. The molecule has 1 aliphatic carbocycles. The lowest BCUT2D eigenvalue weighted by atomic mass is 10.1. The van der Waals surface area contributed by atoms with E-state index in [0.717, 1.165) is 32.4 Å². The lowest BCUT2D eigenvalue weighted by Gasteiger charge is -2.32. The summed E-state index contributed by atoms with van der Waals surface area (Å²) in [5.74, 6) is 0.250. The van der Waals surface area contributed by atoms with Crippen LogP contribution in [0.4, 0.5) is 0 Å². The molecule has 2 unspecified atom stereocenters. The van der Waals surface area contributed by atoms with Crippen molar-refractivity contribution in [2.45, 2.75) is 63.6 Å². The summed E-state index contributed by atoms with van der Waals surface area (Å²) in [7, 11) is 0. The average Bonchev–Trinajstić information content (AvgIpc) is 3.23. The van der Waals surface area contributed by atoms with Crippen molar-refractivity contribution in [2.24, 2.45) is 0 Å². The molecule has 2 amide bonds. The van der Waals surface area contributed by atoms with Crippen LogP contribution in [0.25, 0.3) is 0 Å². The Morgan fingerprint density at radius 2 is 1.85 bits per heavy atom. The van der Waals surface area contributed by atoms with Crippen LogP contribution < -0.4 is 5.32 Å². The van der Waals surface area contributed by atoms with E-state index in [-0.39, 0.29) is 23.9 Å². The molecule has 1 saturated carbocycles. The Morgan fingerprint density at radius 3 is 2.50 bits per heavy atom. The smallest absolute Gasteiger partial charge is 0.245 e. The zero-order chi connectivity index (χ0) is 14.1. The van der Waals surface area contributed by atoms with Crippen molar-refractivity contribution in [3.05, 3.63) is 0 Å². The first-order valence-electron chi connectivity index (χ1n) is 8.02. The zero-order valence-corrected chi connectivity index (χ0v) is 12.3. The van der Waals surface area contributed by atoms with Crippen LogP contribution in [0.3, 0.4) is 0 Å². The van der Waals surface area contributed by atoms with E-state index >= 15 is 0 Å². The number of carbonyl (C=O) groups excluding carboxylic acids is 2.